The maximum absolute atomic E-state index is 13.5. The van der Waals surface area contributed by atoms with E-state index in [4.69, 9.17) is 0 Å². The molecule has 8 heteroatoms. The molecule has 34 heavy (non-hydrogen) atoms. The quantitative estimate of drug-likeness (QED) is 0.485. The van der Waals surface area contributed by atoms with E-state index in [0.29, 0.717) is 29.2 Å². The van der Waals surface area contributed by atoms with Crippen LogP contribution < -0.4 is 0 Å². The van der Waals surface area contributed by atoms with E-state index in [0.717, 1.165) is 43.4 Å². The molecule has 0 radical (unpaired) electrons. The number of rotatable bonds is 3. The van der Waals surface area contributed by atoms with E-state index in [2.05, 4.69) is 4.98 Å². The minimum atomic E-state index is -4.39. The molecule has 1 amide bonds. The second-order valence-corrected chi connectivity index (χ2v) is 9.97. The van der Waals surface area contributed by atoms with Gasteiger partial charge < -0.3 is 10.0 Å². The van der Waals surface area contributed by atoms with E-state index >= 15 is 0 Å². The molecule has 3 aromatic rings. The monoisotopic (exact) mass is 486 g/mol. The van der Waals surface area contributed by atoms with Gasteiger partial charge in [0.05, 0.1) is 11.2 Å². The van der Waals surface area contributed by atoms with Crippen molar-refractivity contribution in [3.63, 3.8) is 0 Å². The van der Waals surface area contributed by atoms with Gasteiger partial charge >= 0.3 is 6.18 Å². The van der Waals surface area contributed by atoms with Crippen LogP contribution in [0.4, 0.5) is 13.2 Å². The molecule has 2 fully saturated rings. The molecule has 1 saturated carbocycles. The minimum absolute atomic E-state index is 0.0469. The first kappa shape index (κ1) is 23.1. The molecule has 1 saturated heterocycles. The van der Waals surface area contributed by atoms with Gasteiger partial charge in [-0.2, -0.15) is 13.2 Å². The Morgan fingerprint density at radius 3 is 2.47 bits per heavy atom. The molecule has 5 rings (SSSR count). The van der Waals surface area contributed by atoms with Crippen LogP contribution in [0.25, 0.3) is 10.6 Å². The van der Waals surface area contributed by atoms with Crippen molar-refractivity contribution in [2.24, 2.45) is 5.92 Å². The first-order chi connectivity index (χ1) is 16.3. The van der Waals surface area contributed by atoms with Crippen molar-refractivity contribution < 1.29 is 23.1 Å². The molecule has 3 atom stereocenters. The zero-order valence-corrected chi connectivity index (χ0v) is 19.3. The fraction of sp³-hybridized carbons (Fsp3) is 0.385. The predicted molar refractivity (Wildman–Crippen MR) is 124 cm³/mol. The lowest BCUT2D eigenvalue weighted by molar-refractivity contribution is -0.137. The first-order valence-electron chi connectivity index (χ1n) is 11.5. The molecule has 1 aromatic heterocycles. The Hall–Kier alpha value is -2.71. The van der Waals surface area contributed by atoms with Gasteiger partial charge in [-0.15, -0.1) is 11.3 Å². The summed E-state index contributed by atoms with van der Waals surface area (Å²) < 4.78 is 38.6. The van der Waals surface area contributed by atoms with Crippen LogP contribution in [-0.2, 0) is 11.8 Å². The van der Waals surface area contributed by atoms with E-state index in [1.807, 2.05) is 35.2 Å². The minimum Gasteiger partial charge on any atom is -0.385 e. The van der Waals surface area contributed by atoms with Gasteiger partial charge in [0.2, 0.25) is 0 Å². The molecule has 2 heterocycles. The van der Waals surface area contributed by atoms with Crippen LogP contribution in [0.15, 0.2) is 60.0 Å². The van der Waals surface area contributed by atoms with Crippen LogP contribution in [-0.4, -0.2) is 33.5 Å². The van der Waals surface area contributed by atoms with Crippen LogP contribution in [0.5, 0.6) is 0 Å². The topological polar surface area (TPSA) is 53.4 Å². The SMILES string of the molecule is O=C(c1csc(-c2ccc(C(F)(F)F)cc2)n1)N1CCC(O)(c2ccccc2)C2CCCCC21. The number of benzene rings is 2. The van der Waals surface area contributed by atoms with E-state index in [-0.39, 0.29) is 17.9 Å². The third-order valence-corrected chi connectivity index (χ3v) is 8.09. The van der Waals surface area contributed by atoms with Gasteiger partial charge in [0.25, 0.3) is 5.91 Å². The van der Waals surface area contributed by atoms with Crippen LogP contribution in [0, 0.1) is 5.92 Å². The number of fused-ring (bicyclic) bond motifs is 1. The number of nitrogens with zero attached hydrogens (tertiary/aromatic N) is 2. The van der Waals surface area contributed by atoms with Crippen molar-refractivity contribution in [3.8, 4) is 10.6 Å². The van der Waals surface area contributed by atoms with Crippen LogP contribution in [0.1, 0.15) is 53.7 Å². The highest BCUT2D eigenvalue weighted by atomic mass is 32.1. The van der Waals surface area contributed by atoms with Crippen LogP contribution in [0.2, 0.25) is 0 Å². The standard InChI is InChI=1S/C26H25F3N2O2S/c27-26(28,29)19-12-10-17(11-13-19)23-30-21(16-34-23)24(32)31-15-14-25(33,18-6-2-1-3-7-18)20-8-4-5-9-22(20)31/h1-3,6-7,10-13,16,20,22,33H,4-5,8-9,14-15H2. The number of hydrogen-bond donors (Lipinski definition) is 1. The lowest BCUT2D eigenvalue weighted by Gasteiger charge is -2.52. The second kappa shape index (κ2) is 8.82. The number of likely N-dealkylation sites (tertiary alicyclic amines) is 1. The summed E-state index contributed by atoms with van der Waals surface area (Å²) >= 11 is 1.25. The van der Waals surface area contributed by atoms with Gasteiger partial charge in [-0.3, -0.25) is 4.79 Å². The molecular weight excluding hydrogens is 461 g/mol. The normalized spacial score (nSPS) is 25.1. The molecule has 3 unspecified atom stereocenters. The van der Waals surface area contributed by atoms with Crippen LogP contribution >= 0.6 is 11.3 Å². The molecule has 1 aliphatic heterocycles. The molecule has 1 N–H and O–H groups in total. The summed E-state index contributed by atoms with van der Waals surface area (Å²) in [6, 6.07) is 14.5. The van der Waals surface area contributed by atoms with Gasteiger partial charge in [0.15, 0.2) is 0 Å². The molecule has 178 valence electrons. The Morgan fingerprint density at radius 1 is 1.06 bits per heavy atom. The second-order valence-electron chi connectivity index (χ2n) is 9.11. The summed E-state index contributed by atoms with van der Waals surface area (Å²) in [7, 11) is 0. The molecule has 2 aromatic carbocycles. The number of amides is 1. The Bertz CT molecular complexity index is 1160. The van der Waals surface area contributed by atoms with Gasteiger partial charge in [-0.05, 0) is 37.0 Å². The van der Waals surface area contributed by atoms with E-state index < -0.39 is 17.3 Å². The van der Waals surface area contributed by atoms with Crippen molar-refractivity contribution in [1.29, 1.82) is 0 Å². The Balaban J connectivity index is 1.38. The first-order valence-corrected chi connectivity index (χ1v) is 12.4. The summed E-state index contributed by atoms with van der Waals surface area (Å²) in [5.74, 6) is -0.226. The van der Waals surface area contributed by atoms with Gasteiger partial charge in [-0.1, -0.05) is 55.3 Å². The average molecular weight is 487 g/mol. The van der Waals surface area contributed by atoms with Crippen molar-refractivity contribution >= 4 is 17.2 Å². The number of aromatic nitrogens is 1. The molecule has 1 aliphatic carbocycles. The third kappa shape index (κ3) is 4.14. The lowest BCUT2D eigenvalue weighted by atomic mass is 9.66. The smallest absolute Gasteiger partial charge is 0.385 e. The summed E-state index contributed by atoms with van der Waals surface area (Å²) in [5.41, 5.74) is 0.0688. The van der Waals surface area contributed by atoms with Crippen molar-refractivity contribution in [1.82, 2.24) is 9.88 Å². The number of alkyl halides is 3. The van der Waals surface area contributed by atoms with Crippen molar-refractivity contribution in [3.05, 3.63) is 76.8 Å². The van der Waals surface area contributed by atoms with E-state index in [9.17, 15) is 23.1 Å². The maximum Gasteiger partial charge on any atom is 0.416 e. The zero-order valence-electron chi connectivity index (χ0n) is 18.5. The zero-order chi connectivity index (χ0) is 23.9. The van der Waals surface area contributed by atoms with E-state index in [1.54, 1.807) is 5.38 Å². The van der Waals surface area contributed by atoms with Gasteiger partial charge in [0, 0.05) is 29.4 Å². The highest BCUT2D eigenvalue weighted by Crippen LogP contribution is 2.47. The number of thiazole rings is 1. The summed E-state index contributed by atoms with van der Waals surface area (Å²) in [6.07, 6.45) is -0.221. The molecule has 4 nitrogen and oxygen atoms in total. The Morgan fingerprint density at radius 2 is 1.76 bits per heavy atom. The predicted octanol–water partition coefficient (Wildman–Crippen LogP) is 6.12. The number of carbonyl (C=O) groups excluding carboxylic acids is 1. The summed E-state index contributed by atoms with van der Waals surface area (Å²) in [4.78, 5) is 19.8. The summed E-state index contributed by atoms with van der Waals surface area (Å²) in [6.45, 7) is 0.429. The number of aliphatic hydroxyl groups is 1. The largest absolute Gasteiger partial charge is 0.416 e. The van der Waals surface area contributed by atoms with Gasteiger partial charge in [0.1, 0.15) is 10.7 Å². The van der Waals surface area contributed by atoms with Gasteiger partial charge in [-0.25, -0.2) is 4.98 Å². The molecule has 0 bridgehead atoms. The molecular formula is C26H25F3N2O2S. The number of hydrogen-bond acceptors (Lipinski definition) is 4. The lowest BCUT2D eigenvalue weighted by Crippen LogP contribution is -2.59. The highest BCUT2D eigenvalue weighted by molar-refractivity contribution is 7.13. The fourth-order valence-electron chi connectivity index (χ4n) is 5.47. The Kier molecular flexibility index (Phi) is 5.98. The fourth-order valence-corrected chi connectivity index (χ4v) is 6.27. The molecule has 0 spiro atoms. The van der Waals surface area contributed by atoms with Crippen LogP contribution in [0.3, 0.4) is 0 Å². The average Bonchev–Trinajstić information content (AvgIpc) is 3.35. The third-order valence-electron chi connectivity index (χ3n) is 7.19. The Labute approximate surface area is 200 Å². The van der Waals surface area contributed by atoms with E-state index in [1.165, 1.54) is 23.5 Å². The van der Waals surface area contributed by atoms with Crippen molar-refractivity contribution in [2.75, 3.05) is 6.54 Å². The number of halogens is 3. The van der Waals surface area contributed by atoms with Crippen molar-refractivity contribution in [2.45, 2.75) is 49.9 Å². The molecule has 2 aliphatic rings. The number of carbonyl (C=O) groups is 1. The summed E-state index contributed by atoms with van der Waals surface area (Å²) in [5, 5.41) is 13.9. The highest BCUT2D eigenvalue weighted by Gasteiger charge is 2.50. The number of piperidine rings is 1. The maximum atomic E-state index is 13.5.